The fourth-order valence-electron chi connectivity index (χ4n) is 8.70. The molecule has 10 rings (SSSR count). The number of nitrogens with zero attached hydrogens (tertiary/aromatic N) is 1. The zero-order valence-corrected chi connectivity index (χ0v) is 27.1. The van der Waals surface area contributed by atoms with E-state index in [1.54, 1.807) is 0 Å². The monoisotopic (exact) mass is 613 g/mol. The second-order valence-electron chi connectivity index (χ2n) is 12.9. The molecule has 47 heavy (non-hydrogen) atoms. The van der Waals surface area contributed by atoms with E-state index in [0.717, 1.165) is 0 Å². The molecule has 1 aromatic heterocycles. The topological polar surface area (TPSA) is 4.93 Å². The van der Waals surface area contributed by atoms with Gasteiger partial charge in [-0.2, -0.15) is 0 Å². The van der Waals surface area contributed by atoms with Gasteiger partial charge in [-0.05, 0) is 71.3 Å². The first-order valence-corrected chi connectivity index (χ1v) is 18.4. The van der Waals surface area contributed by atoms with Gasteiger partial charge in [0.25, 0.3) is 0 Å². The minimum absolute atomic E-state index is 1.25. The highest BCUT2D eigenvalue weighted by atomic mass is 28.3. The number of hydrogen-bond donors (Lipinski definition) is 0. The number of fused-ring (bicyclic) bond motifs is 11. The summed E-state index contributed by atoms with van der Waals surface area (Å²) >= 11 is 0. The van der Waals surface area contributed by atoms with Gasteiger partial charge >= 0.3 is 0 Å². The molecule has 0 saturated carbocycles. The van der Waals surface area contributed by atoms with Crippen LogP contribution < -0.4 is 20.7 Å². The van der Waals surface area contributed by atoms with E-state index in [4.69, 9.17) is 0 Å². The maximum absolute atomic E-state index is 2.55. The molecule has 0 saturated heterocycles. The summed E-state index contributed by atoms with van der Waals surface area (Å²) in [6.45, 7) is 0. The lowest BCUT2D eigenvalue weighted by Gasteiger charge is -2.31. The molecule has 0 radical (unpaired) electrons. The fraction of sp³-hybridized carbons (Fsp3) is 0.0222. The molecule has 220 valence electrons. The Kier molecular flexibility index (Phi) is 5.58. The predicted octanol–water partition coefficient (Wildman–Crippen LogP) is 8.66. The van der Waals surface area contributed by atoms with Crippen LogP contribution in [0, 0.1) is 0 Å². The molecule has 8 aromatic carbocycles. The van der Waals surface area contributed by atoms with Gasteiger partial charge in [-0.15, -0.1) is 0 Å². The summed E-state index contributed by atoms with van der Waals surface area (Å²) in [5, 5.41) is 13.7. The average molecular weight is 614 g/mol. The molecule has 0 unspecified atom stereocenters. The lowest BCUT2D eigenvalue weighted by Crippen LogP contribution is -2.72. The van der Waals surface area contributed by atoms with Crippen LogP contribution >= 0.6 is 0 Å². The van der Waals surface area contributed by atoms with Crippen molar-refractivity contribution in [2.24, 2.45) is 7.05 Å². The maximum atomic E-state index is 2.53. The van der Waals surface area contributed by atoms with E-state index in [0.29, 0.717) is 0 Å². The third kappa shape index (κ3) is 3.54. The maximum Gasteiger partial charge on any atom is 0.180 e. The number of aromatic nitrogens is 1. The van der Waals surface area contributed by atoms with Crippen molar-refractivity contribution >= 4 is 72.2 Å². The van der Waals surface area contributed by atoms with Crippen LogP contribution in [0.25, 0.3) is 65.6 Å². The summed E-state index contributed by atoms with van der Waals surface area (Å²) in [4.78, 5) is 0. The van der Waals surface area contributed by atoms with Gasteiger partial charge in [-0.1, -0.05) is 158 Å². The van der Waals surface area contributed by atoms with E-state index in [1.165, 1.54) is 86.4 Å². The Labute approximate surface area is 275 Å². The summed E-state index contributed by atoms with van der Waals surface area (Å²) in [6, 6.07) is 63.8. The van der Waals surface area contributed by atoms with Crippen molar-refractivity contribution < 1.29 is 0 Å². The van der Waals surface area contributed by atoms with Gasteiger partial charge in [0.15, 0.2) is 8.07 Å². The molecule has 2 heteroatoms. The minimum atomic E-state index is -2.55. The van der Waals surface area contributed by atoms with Crippen LogP contribution in [0.15, 0.2) is 170 Å². The summed E-state index contributed by atoms with van der Waals surface area (Å²) in [5.41, 5.74) is 7.82. The van der Waals surface area contributed by atoms with Crippen molar-refractivity contribution in [2.45, 2.75) is 0 Å². The highest BCUT2D eigenvalue weighted by Gasteiger charge is 2.48. The van der Waals surface area contributed by atoms with Gasteiger partial charge in [-0.3, -0.25) is 0 Å². The van der Waals surface area contributed by atoms with E-state index >= 15 is 0 Å². The third-order valence-electron chi connectivity index (χ3n) is 10.7. The first-order chi connectivity index (χ1) is 23.2. The van der Waals surface area contributed by atoms with Crippen LogP contribution in [-0.4, -0.2) is 12.6 Å². The van der Waals surface area contributed by atoms with Crippen molar-refractivity contribution in [1.29, 1.82) is 0 Å². The Hall–Kier alpha value is -5.70. The zero-order valence-electron chi connectivity index (χ0n) is 26.1. The van der Waals surface area contributed by atoms with E-state index < -0.39 is 8.07 Å². The fourth-order valence-corrected chi connectivity index (χ4v) is 13.9. The minimum Gasteiger partial charge on any atom is -0.343 e. The second kappa shape index (κ2) is 9.90. The standard InChI is InChI=1S/C45H31NSi/c1-46-41-27-25-30(28-40(41)44-38-21-10-8-18-34(38)35-19-9-11-22-39(35)45(44)46)31-24-26-37-36-20-12-13-23-42(36)47(43(37)29-31,32-14-4-2-5-15-32)33-16-6-3-7-17-33/h2-29H,1H3. The molecule has 2 heterocycles. The molecular formula is C45H31NSi. The average Bonchev–Trinajstić information content (AvgIpc) is 3.61. The Bertz CT molecular complexity index is 2650. The van der Waals surface area contributed by atoms with Gasteiger partial charge in [0.2, 0.25) is 0 Å². The van der Waals surface area contributed by atoms with E-state index in [9.17, 15) is 0 Å². The first-order valence-electron chi connectivity index (χ1n) is 16.4. The molecule has 0 amide bonds. The Balaban J connectivity index is 1.27. The second-order valence-corrected chi connectivity index (χ2v) is 16.6. The van der Waals surface area contributed by atoms with Gasteiger partial charge in [0.05, 0.1) is 5.52 Å². The zero-order chi connectivity index (χ0) is 31.1. The summed E-state index contributed by atoms with van der Waals surface area (Å²) < 4.78 is 2.39. The molecule has 0 fully saturated rings. The van der Waals surface area contributed by atoms with Crippen molar-refractivity contribution in [2.75, 3.05) is 0 Å². The van der Waals surface area contributed by atoms with Crippen LogP contribution in [-0.2, 0) is 7.05 Å². The van der Waals surface area contributed by atoms with Gasteiger partial charge in [-0.25, -0.2) is 0 Å². The number of rotatable bonds is 3. The molecular weight excluding hydrogens is 583 g/mol. The van der Waals surface area contributed by atoms with E-state index in [1.807, 2.05) is 0 Å². The molecule has 1 nitrogen and oxygen atoms in total. The number of hydrogen-bond acceptors (Lipinski definition) is 0. The predicted molar refractivity (Wildman–Crippen MR) is 203 cm³/mol. The molecule has 0 atom stereocenters. The largest absolute Gasteiger partial charge is 0.343 e. The smallest absolute Gasteiger partial charge is 0.180 e. The molecule has 0 aliphatic carbocycles. The Morgan fingerprint density at radius 2 is 0.936 bits per heavy atom. The van der Waals surface area contributed by atoms with Crippen molar-refractivity contribution in [1.82, 2.24) is 4.57 Å². The lowest BCUT2D eigenvalue weighted by atomic mass is 9.95. The summed E-state index contributed by atoms with van der Waals surface area (Å²) in [5.74, 6) is 0. The van der Waals surface area contributed by atoms with Crippen LogP contribution in [0.4, 0.5) is 0 Å². The highest BCUT2D eigenvalue weighted by Crippen LogP contribution is 2.42. The first kappa shape index (κ1) is 26.5. The number of aryl methyl sites for hydroxylation is 1. The van der Waals surface area contributed by atoms with Crippen LogP contribution in [0.5, 0.6) is 0 Å². The quantitative estimate of drug-likeness (QED) is 0.139. The Morgan fingerprint density at radius 3 is 1.66 bits per heavy atom. The van der Waals surface area contributed by atoms with Gasteiger partial charge < -0.3 is 4.57 Å². The van der Waals surface area contributed by atoms with E-state index in [-0.39, 0.29) is 0 Å². The summed E-state index contributed by atoms with van der Waals surface area (Å²) in [7, 11) is -0.334. The molecule has 1 aliphatic rings. The van der Waals surface area contributed by atoms with Gasteiger partial charge in [0.1, 0.15) is 0 Å². The third-order valence-corrected chi connectivity index (χ3v) is 15.5. The van der Waals surface area contributed by atoms with Crippen molar-refractivity contribution in [3.8, 4) is 22.3 Å². The number of benzene rings is 8. The molecule has 1 aliphatic heterocycles. The normalized spacial score (nSPS) is 13.4. The van der Waals surface area contributed by atoms with Crippen LogP contribution in [0.3, 0.4) is 0 Å². The van der Waals surface area contributed by atoms with Crippen molar-refractivity contribution in [3.63, 3.8) is 0 Å². The molecule has 0 N–H and O–H groups in total. The summed E-state index contributed by atoms with van der Waals surface area (Å²) in [6.07, 6.45) is 0. The SMILES string of the molecule is Cn1c2ccc(-c3ccc4c(c3)[Si](c3ccccc3)(c3ccccc3)c3ccccc3-4)cc2c2c3ccccc3c3ccccc3c21. The van der Waals surface area contributed by atoms with Gasteiger partial charge in [0, 0.05) is 28.7 Å². The molecule has 0 spiro atoms. The Morgan fingerprint density at radius 1 is 0.404 bits per heavy atom. The van der Waals surface area contributed by atoms with Crippen molar-refractivity contribution in [3.05, 3.63) is 170 Å². The van der Waals surface area contributed by atoms with Crippen LogP contribution in [0.2, 0.25) is 0 Å². The lowest BCUT2D eigenvalue weighted by molar-refractivity contribution is 1.02. The van der Waals surface area contributed by atoms with Crippen LogP contribution in [0.1, 0.15) is 0 Å². The van der Waals surface area contributed by atoms with E-state index in [2.05, 4.69) is 181 Å². The highest BCUT2D eigenvalue weighted by molar-refractivity contribution is 7.22. The molecule has 0 bridgehead atoms. The molecule has 9 aromatic rings.